The lowest BCUT2D eigenvalue weighted by molar-refractivity contribution is -0.147. The average Bonchev–Trinajstić information content (AvgIpc) is 3.14. The van der Waals surface area contributed by atoms with Gasteiger partial charge >= 0.3 is 11.7 Å². The third-order valence-corrected chi connectivity index (χ3v) is 4.44. The van der Waals surface area contributed by atoms with Crippen molar-refractivity contribution in [2.75, 3.05) is 11.9 Å². The maximum atomic E-state index is 11.9. The molecule has 1 atom stereocenters. The predicted octanol–water partition coefficient (Wildman–Crippen LogP) is 2.46. The van der Waals surface area contributed by atoms with Gasteiger partial charge in [-0.05, 0) is 46.8 Å². The third-order valence-electron chi connectivity index (χ3n) is 3.78. The minimum absolute atomic E-state index is 0.211. The average molecular weight is 394 g/mol. The second-order valence-corrected chi connectivity index (χ2v) is 6.49. The van der Waals surface area contributed by atoms with E-state index in [0.29, 0.717) is 27.6 Å². The first-order chi connectivity index (χ1) is 11.5. The minimum Gasteiger partial charge on any atom is -0.456 e. The monoisotopic (exact) mass is 393 g/mol. The molecule has 0 fully saturated rings. The van der Waals surface area contributed by atoms with E-state index in [0.717, 1.165) is 12.8 Å². The van der Waals surface area contributed by atoms with Crippen LogP contribution in [0.4, 0.5) is 5.69 Å². The van der Waals surface area contributed by atoms with E-state index in [9.17, 15) is 14.4 Å². The molecule has 0 aliphatic heterocycles. The van der Waals surface area contributed by atoms with Gasteiger partial charge in [0.05, 0.1) is 23.1 Å². The van der Waals surface area contributed by atoms with Crippen molar-refractivity contribution in [1.29, 1.82) is 0 Å². The minimum atomic E-state index is -0.441. The van der Waals surface area contributed by atoms with Gasteiger partial charge in [-0.15, -0.1) is 0 Å². The molecule has 2 aromatic rings. The number of amides is 1. The van der Waals surface area contributed by atoms with E-state index in [1.165, 1.54) is 0 Å². The number of fused-ring (bicyclic) bond motifs is 1. The van der Waals surface area contributed by atoms with Crippen molar-refractivity contribution in [1.82, 2.24) is 9.97 Å². The van der Waals surface area contributed by atoms with Crippen LogP contribution < -0.4 is 11.0 Å². The van der Waals surface area contributed by atoms with Gasteiger partial charge in [0.1, 0.15) is 0 Å². The molecule has 0 saturated heterocycles. The Kier molecular flexibility index (Phi) is 4.84. The van der Waals surface area contributed by atoms with E-state index in [1.54, 1.807) is 12.1 Å². The summed E-state index contributed by atoms with van der Waals surface area (Å²) in [6, 6.07) is 3.31. The molecular formula is C16H16BrN3O4. The number of esters is 1. The highest BCUT2D eigenvalue weighted by Gasteiger charge is 2.16. The normalized spacial score (nSPS) is 16.5. The number of halogens is 1. The zero-order valence-corrected chi connectivity index (χ0v) is 14.3. The molecule has 1 amide bonds. The summed E-state index contributed by atoms with van der Waals surface area (Å²) in [6.45, 7) is -0.344. The Hall–Kier alpha value is -2.35. The highest BCUT2D eigenvalue weighted by Crippen LogP contribution is 2.26. The summed E-state index contributed by atoms with van der Waals surface area (Å²) in [5.74, 6) is -0.614. The van der Waals surface area contributed by atoms with Gasteiger partial charge in [0.25, 0.3) is 5.91 Å². The molecule has 0 bridgehead atoms. The van der Waals surface area contributed by atoms with Gasteiger partial charge in [0.2, 0.25) is 0 Å². The number of carbonyl (C=O) groups excluding carboxylic acids is 2. The Morgan fingerprint density at radius 3 is 2.75 bits per heavy atom. The van der Waals surface area contributed by atoms with Crippen LogP contribution in [0.2, 0.25) is 0 Å². The number of carbonyl (C=O) groups is 2. The first-order valence-electron chi connectivity index (χ1n) is 7.55. The van der Waals surface area contributed by atoms with Gasteiger partial charge in [-0.25, -0.2) is 4.79 Å². The lowest BCUT2D eigenvalue weighted by Crippen LogP contribution is -2.21. The van der Waals surface area contributed by atoms with Gasteiger partial charge < -0.3 is 20.0 Å². The second kappa shape index (κ2) is 7.04. The number of hydrogen-bond donors (Lipinski definition) is 3. The van der Waals surface area contributed by atoms with Crippen LogP contribution in [0, 0.1) is 5.92 Å². The molecule has 0 radical (unpaired) electrons. The SMILES string of the molecule is O=C(COC(=O)C[C@@H]1C=CCC1)Nc1cc2[nH]c(=O)[nH]c2cc1Br. The number of aromatic nitrogens is 2. The van der Waals surface area contributed by atoms with Crippen LogP contribution in [0.3, 0.4) is 0 Å². The first-order valence-corrected chi connectivity index (χ1v) is 8.34. The number of allylic oxidation sites excluding steroid dienone is 2. The molecule has 3 rings (SSSR count). The zero-order chi connectivity index (χ0) is 17.1. The quantitative estimate of drug-likeness (QED) is 0.535. The van der Waals surface area contributed by atoms with E-state index in [1.807, 2.05) is 12.2 Å². The Labute approximate surface area is 145 Å². The third kappa shape index (κ3) is 3.94. The maximum absolute atomic E-state index is 11.9. The largest absolute Gasteiger partial charge is 0.456 e. The van der Waals surface area contributed by atoms with Crippen molar-refractivity contribution in [2.45, 2.75) is 19.3 Å². The molecule has 1 aromatic carbocycles. The Balaban J connectivity index is 1.56. The molecule has 126 valence electrons. The molecule has 1 aliphatic carbocycles. The maximum Gasteiger partial charge on any atom is 0.323 e. The molecule has 7 nitrogen and oxygen atoms in total. The molecule has 1 aliphatic rings. The van der Waals surface area contributed by atoms with Gasteiger partial charge in [-0.1, -0.05) is 12.2 Å². The van der Waals surface area contributed by atoms with Crippen LogP contribution in [0.25, 0.3) is 11.0 Å². The standard InChI is InChI=1S/C16H16BrN3O4/c17-10-6-12-13(20-16(23)19-12)7-11(10)18-14(21)8-24-15(22)5-9-3-1-2-4-9/h1,3,6-7,9H,2,4-5,8H2,(H,18,21)(H2,19,20,23)/t9-/m1/s1. The fraction of sp³-hybridized carbons (Fsp3) is 0.312. The van der Waals surface area contributed by atoms with E-state index in [-0.39, 0.29) is 24.2 Å². The van der Waals surface area contributed by atoms with Crippen molar-refractivity contribution >= 4 is 44.5 Å². The molecule has 0 spiro atoms. The smallest absolute Gasteiger partial charge is 0.323 e. The van der Waals surface area contributed by atoms with Crippen LogP contribution in [0.1, 0.15) is 19.3 Å². The van der Waals surface area contributed by atoms with Crippen LogP contribution in [-0.2, 0) is 14.3 Å². The summed E-state index contributed by atoms with van der Waals surface area (Å²) in [5.41, 5.74) is 1.36. The molecule has 0 saturated carbocycles. The molecule has 1 aromatic heterocycles. The summed E-state index contributed by atoms with van der Waals surface area (Å²) < 4.78 is 5.62. The highest BCUT2D eigenvalue weighted by molar-refractivity contribution is 9.10. The number of nitrogens with one attached hydrogen (secondary N) is 3. The van der Waals surface area contributed by atoms with E-state index < -0.39 is 5.91 Å². The number of hydrogen-bond acceptors (Lipinski definition) is 4. The van der Waals surface area contributed by atoms with Crippen LogP contribution in [0.15, 0.2) is 33.6 Å². The highest BCUT2D eigenvalue weighted by atomic mass is 79.9. The molecule has 0 unspecified atom stereocenters. The van der Waals surface area contributed by atoms with E-state index in [2.05, 4.69) is 31.2 Å². The summed E-state index contributed by atoms with van der Waals surface area (Å²) >= 11 is 3.33. The Morgan fingerprint density at radius 2 is 2.04 bits per heavy atom. The number of H-pyrrole nitrogens is 2. The van der Waals surface area contributed by atoms with Crippen molar-refractivity contribution in [2.24, 2.45) is 5.92 Å². The number of imidazole rings is 1. The molecule has 8 heteroatoms. The zero-order valence-electron chi connectivity index (χ0n) is 12.7. The summed E-state index contributed by atoms with van der Waals surface area (Å²) in [6.07, 6.45) is 6.28. The number of benzene rings is 1. The fourth-order valence-electron chi connectivity index (χ4n) is 2.62. The van der Waals surface area contributed by atoms with Gasteiger partial charge in [0.15, 0.2) is 6.61 Å². The molecule has 3 N–H and O–H groups in total. The predicted molar refractivity (Wildman–Crippen MR) is 92.7 cm³/mol. The lowest BCUT2D eigenvalue weighted by atomic mass is 10.1. The van der Waals surface area contributed by atoms with E-state index in [4.69, 9.17) is 4.74 Å². The second-order valence-electron chi connectivity index (χ2n) is 5.64. The van der Waals surface area contributed by atoms with Crippen LogP contribution in [0.5, 0.6) is 0 Å². The summed E-state index contributed by atoms with van der Waals surface area (Å²) in [4.78, 5) is 40.2. The van der Waals surface area contributed by atoms with Crippen LogP contribution in [-0.4, -0.2) is 28.5 Å². The molecule has 1 heterocycles. The van der Waals surface area contributed by atoms with E-state index >= 15 is 0 Å². The summed E-state index contributed by atoms with van der Waals surface area (Å²) in [7, 11) is 0. The molecule has 24 heavy (non-hydrogen) atoms. The fourth-order valence-corrected chi connectivity index (χ4v) is 3.06. The van der Waals surface area contributed by atoms with Crippen molar-refractivity contribution < 1.29 is 14.3 Å². The number of rotatable bonds is 5. The van der Waals surface area contributed by atoms with Gasteiger partial charge in [0, 0.05) is 4.47 Å². The lowest BCUT2D eigenvalue weighted by Gasteiger charge is -2.10. The Morgan fingerprint density at radius 1 is 1.29 bits per heavy atom. The van der Waals surface area contributed by atoms with Crippen molar-refractivity contribution in [3.05, 3.63) is 39.2 Å². The first kappa shape index (κ1) is 16.5. The van der Waals surface area contributed by atoms with Gasteiger partial charge in [-0.3, -0.25) is 9.59 Å². The molecular weight excluding hydrogens is 378 g/mol. The Bertz CT molecular complexity index is 868. The van der Waals surface area contributed by atoms with Crippen LogP contribution >= 0.6 is 15.9 Å². The van der Waals surface area contributed by atoms with Gasteiger partial charge in [-0.2, -0.15) is 0 Å². The van der Waals surface area contributed by atoms with Crippen molar-refractivity contribution in [3.8, 4) is 0 Å². The summed E-state index contributed by atoms with van der Waals surface area (Å²) in [5, 5.41) is 2.65. The van der Waals surface area contributed by atoms with Crippen molar-refractivity contribution in [3.63, 3.8) is 0 Å². The number of aromatic amines is 2. The number of ether oxygens (including phenoxy) is 1. The number of anilines is 1. The topological polar surface area (TPSA) is 104 Å².